The number of nitrogens with zero attached hydrogens (tertiary/aromatic N) is 3. The molecule has 1 atom stereocenters. The predicted octanol–water partition coefficient (Wildman–Crippen LogP) is 3.80. The summed E-state index contributed by atoms with van der Waals surface area (Å²) in [5.41, 5.74) is 3.55. The van der Waals surface area contributed by atoms with E-state index in [4.69, 9.17) is 9.47 Å². The average molecular weight is 425 g/mol. The van der Waals surface area contributed by atoms with Crippen LogP contribution in [0, 0.1) is 25.2 Å². The molecule has 1 unspecified atom stereocenters. The second-order valence-electron chi connectivity index (χ2n) is 7.96. The molecule has 7 heteroatoms. The Morgan fingerprint density at radius 3 is 2.77 bits per heavy atom. The molecule has 0 spiro atoms. The Morgan fingerprint density at radius 1 is 1.29 bits per heavy atom. The van der Waals surface area contributed by atoms with E-state index in [1.807, 2.05) is 36.6 Å². The molecule has 1 aromatic heterocycles. The fourth-order valence-corrected chi connectivity index (χ4v) is 4.44. The van der Waals surface area contributed by atoms with E-state index in [0.717, 1.165) is 48.4 Å². The van der Waals surface area contributed by atoms with Gasteiger partial charge in [-0.3, -0.25) is 9.69 Å². The van der Waals surface area contributed by atoms with Gasteiger partial charge in [-0.05, 0) is 51.3 Å². The Bertz CT molecular complexity index is 960. The monoisotopic (exact) mass is 424 g/mol. The van der Waals surface area contributed by atoms with Gasteiger partial charge >= 0.3 is 0 Å². The van der Waals surface area contributed by atoms with Crippen molar-refractivity contribution in [2.75, 3.05) is 39.2 Å². The molecule has 1 amide bonds. The summed E-state index contributed by atoms with van der Waals surface area (Å²) in [5.74, 6) is 1.33. The molecule has 0 radical (unpaired) electrons. The van der Waals surface area contributed by atoms with Gasteiger partial charge in [0.2, 0.25) is 5.91 Å². The number of benzene rings is 1. The van der Waals surface area contributed by atoms with Gasteiger partial charge in [-0.1, -0.05) is 18.2 Å². The summed E-state index contributed by atoms with van der Waals surface area (Å²) < 4.78 is 12.7. The molecule has 0 saturated carbocycles. The summed E-state index contributed by atoms with van der Waals surface area (Å²) in [7, 11) is 3.35. The van der Waals surface area contributed by atoms with Crippen LogP contribution in [0.25, 0.3) is 0 Å². The third-order valence-corrected chi connectivity index (χ3v) is 6.14. The Morgan fingerprint density at radius 2 is 2.06 bits per heavy atom. The van der Waals surface area contributed by atoms with Crippen LogP contribution < -0.4 is 10.1 Å². The molecule has 7 nitrogen and oxygen atoms in total. The maximum Gasteiger partial charge on any atom is 0.239 e. The maximum atomic E-state index is 13.0. The number of carbonyl (C=O) groups is 1. The number of hydrogen-bond acceptors (Lipinski definition) is 5. The summed E-state index contributed by atoms with van der Waals surface area (Å²) >= 11 is 0. The van der Waals surface area contributed by atoms with Crippen molar-refractivity contribution in [3.8, 4) is 11.8 Å². The van der Waals surface area contributed by atoms with E-state index in [1.54, 1.807) is 14.2 Å². The number of ether oxygens (including phenoxy) is 2. The van der Waals surface area contributed by atoms with E-state index in [9.17, 15) is 10.1 Å². The summed E-state index contributed by atoms with van der Waals surface area (Å²) in [4.78, 5) is 15.2. The molecular weight excluding hydrogens is 392 g/mol. The number of hydrogen-bond donors (Lipinski definition) is 1. The van der Waals surface area contributed by atoms with Crippen molar-refractivity contribution in [3.05, 3.63) is 46.6 Å². The highest BCUT2D eigenvalue weighted by atomic mass is 16.5. The van der Waals surface area contributed by atoms with E-state index >= 15 is 0 Å². The summed E-state index contributed by atoms with van der Waals surface area (Å²) in [6.07, 6.45) is 2.83. The summed E-state index contributed by atoms with van der Waals surface area (Å²) in [5, 5.41) is 12.7. The third kappa shape index (κ3) is 4.92. The van der Waals surface area contributed by atoms with Gasteiger partial charge in [-0.15, -0.1) is 0 Å². The van der Waals surface area contributed by atoms with Gasteiger partial charge in [0.05, 0.1) is 19.2 Å². The van der Waals surface area contributed by atoms with Crippen molar-refractivity contribution in [1.82, 2.24) is 9.47 Å². The number of nitrogens with one attached hydrogen (secondary N) is 1. The molecule has 1 aromatic carbocycles. The summed E-state index contributed by atoms with van der Waals surface area (Å²) in [6.45, 7) is 6.35. The molecule has 1 aliphatic rings. The second kappa shape index (κ2) is 10.5. The van der Waals surface area contributed by atoms with Crippen LogP contribution in [0.2, 0.25) is 0 Å². The molecule has 2 heterocycles. The quantitative estimate of drug-likeness (QED) is 0.620. The van der Waals surface area contributed by atoms with Crippen LogP contribution in [0.15, 0.2) is 24.3 Å². The van der Waals surface area contributed by atoms with Gasteiger partial charge in [0.25, 0.3) is 0 Å². The van der Waals surface area contributed by atoms with Crippen molar-refractivity contribution in [2.45, 2.75) is 45.7 Å². The minimum Gasteiger partial charge on any atom is -0.496 e. The Labute approximate surface area is 184 Å². The molecule has 2 aromatic rings. The molecule has 0 aliphatic carbocycles. The van der Waals surface area contributed by atoms with Gasteiger partial charge in [0.1, 0.15) is 17.6 Å². The normalized spacial score (nSPS) is 16.3. The number of anilines is 1. The second-order valence-corrected chi connectivity index (χ2v) is 7.96. The lowest BCUT2D eigenvalue weighted by Gasteiger charge is -2.25. The van der Waals surface area contributed by atoms with Gasteiger partial charge in [-0.2, -0.15) is 5.26 Å². The topological polar surface area (TPSA) is 79.5 Å². The zero-order valence-corrected chi connectivity index (χ0v) is 18.9. The first-order chi connectivity index (χ1) is 15.0. The average Bonchev–Trinajstić information content (AvgIpc) is 3.31. The van der Waals surface area contributed by atoms with Gasteiger partial charge in [0, 0.05) is 37.6 Å². The number of methoxy groups -OCH3 is 2. The van der Waals surface area contributed by atoms with Crippen molar-refractivity contribution in [3.63, 3.8) is 0 Å². The van der Waals surface area contributed by atoms with Crippen molar-refractivity contribution < 1.29 is 14.3 Å². The summed E-state index contributed by atoms with van der Waals surface area (Å²) in [6, 6.07) is 10.4. The molecule has 3 rings (SSSR count). The predicted molar refractivity (Wildman–Crippen MR) is 120 cm³/mol. The lowest BCUT2D eigenvalue weighted by molar-refractivity contribution is -0.117. The van der Waals surface area contributed by atoms with E-state index in [1.165, 1.54) is 0 Å². The highest BCUT2D eigenvalue weighted by molar-refractivity contribution is 5.93. The van der Waals surface area contributed by atoms with Crippen LogP contribution in [-0.2, 0) is 16.1 Å². The van der Waals surface area contributed by atoms with Crippen LogP contribution >= 0.6 is 0 Å². The van der Waals surface area contributed by atoms with E-state index in [-0.39, 0.29) is 18.5 Å². The molecule has 1 aliphatic heterocycles. The van der Waals surface area contributed by atoms with Crippen LogP contribution in [0.4, 0.5) is 5.82 Å². The Kier molecular flexibility index (Phi) is 7.72. The molecule has 166 valence electrons. The Hall–Kier alpha value is -2.82. The zero-order valence-electron chi connectivity index (χ0n) is 18.9. The van der Waals surface area contributed by atoms with Gasteiger partial charge in [-0.25, -0.2) is 0 Å². The van der Waals surface area contributed by atoms with Crippen molar-refractivity contribution in [2.24, 2.45) is 0 Å². The smallest absolute Gasteiger partial charge is 0.239 e. The minimum atomic E-state index is -0.108. The first-order valence-electron chi connectivity index (χ1n) is 10.8. The number of amides is 1. The van der Waals surface area contributed by atoms with Crippen LogP contribution in [0.3, 0.4) is 0 Å². The van der Waals surface area contributed by atoms with E-state index < -0.39 is 0 Å². The van der Waals surface area contributed by atoms with Gasteiger partial charge in [0.15, 0.2) is 0 Å². The highest BCUT2D eigenvalue weighted by Gasteiger charge is 2.30. The lowest BCUT2D eigenvalue weighted by atomic mass is 10.0. The molecule has 1 fully saturated rings. The van der Waals surface area contributed by atoms with Gasteiger partial charge < -0.3 is 19.4 Å². The molecule has 1 N–H and O–H groups in total. The maximum absolute atomic E-state index is 13.0. The third-order valence-electron chi connectivity index (χ3n) is 6.14. The Balaban J connectivity index is 1.77. The lowest BCUT2D eigenvalue weighted by Crippen LogP contribution is -2.33. The SMILES string of the molecule is COCCCn1c(C)c(C)c(C#N)c1NC(=O)CN1CCCC1c1ccccc1OC. The molecule has 1 saturated heterocycles. The number of rotatable bonds is 9. The number of para-hydroxylation sites is 1. The number of carbonyl (C=O) groups excluding carboxylic acids is 1. The molecule has 31 heavy (non-hydrogen) atoms. The number of aromatic nitrogens is 1. The molecule has 0 bridgehead atoms. The van der Waals surface area contributed by atoms with E-state index in [0.29, 0.717) is 24.5 Å². The standard InChI is InChI=1S/C24H32N4O3/c1-17-18(2)28(13-8-14-30-3)24(20(17)15-25)26-23(29)16-27-12-7-10-21(27)19-9-5-6-11-22(19)31-4/h5-6,9,11,21H,7-8,10,12-14,16H2,1-4H3,(H,26,29). The fraction of sp³-hybridized carbons (Fsp3) is 0.500. The fourth-order valence-electron chi connectivity index (χ4n) is 4.44. The first kappa shape index (κ1) is 22.9. The molecular formula is C24H32N4O3. The first-order valence-corrected chi connectivity index (χ1v) is 10.8. The van der Waals surface area contributed by atoms with Crippen LogP contribution in [0.5, 0.6) is 5.75 Å². The van der Waals surface area contributed by atoms with Crippen molar-refractivity contribution >= 4 is 11.7 Å². The van der Waals surface area contributed by atoms with Crippen molar-refractivity contribution in [1.29, 1.82) is 5.26 Å². The number of likely N-dealkylation sites (tertiary alicyclic amines) is 1. The zero-order chi connectivity index (χ0) is 22.4. The highest BCUT2D eigenvalue weighted by Crippen LogP contribution is 2.36. The van der Waals surface area contributed by atoms with E-state index in [2.05, 4.69) is 22.4 Å². The van der Waals surface area contributed by atoms with Crippen LogP contribution in [0.1, 0.15) is 47.7 Å². The van der Waals surface area contributed by atoms with Crippen LogP contribution in [-0.4, -0.2) is 49.3 Å². The number of nitriles is 1. The largest absolute Gasteiger partial charge is 0.496 e. The minimum absolute atomic E-state index is 0.108.